The molecular weight excluding hydrogens is 616 g/mol. The summed E-state index contributed by atoms with van der Waals surface area (Å²) in [4.78, 5) is 41.9. The Hall–Kier alpha value is -3.27. The molecule has 10 heteroatoms. The lowest BCUT2D eigenvalue weighted by atomic mass is 10.00. The van der Waals surface area contributed by atoms with Crippen molar-refractivity contribution in [2.45, 2.75) is 26.5 Å². The zero-order chi connectivity index (χ0) is 28.2. The van der Waals surface area contributed by atoms with Gasteiger partial charge < -0.3 is 14.4 Å². The average molecular weight is 642 g/mol. The topological polar surface area (TPSA) is 76.2 Å². The van der Waals surface area contributed by atoms with Crippen LogP contribution in [0.3, 0.4) is 0 Å². The predicted octanol–water partition coefficient (Wildman–Crippen LogP) is 6.70. The van der Waals surface area contributed by atoms with E-state index in [1.807, 2.05) is 37.3 Å². The fourth-order valence-corrected chi connectivity index (χ4v) is 5.90. The van der Waals surface area contributed by atoms with Crippen LogP contribution in [0.2, 0.25) is 5.02 Å². The van der Waals surface area contributed by atoms with E-state index in [0.29, 0.717) is 52.9 Å². The molecule has 2 heterocycles. The molecule has 1 saturated heterocycles. The Kier molecular flexibility index (Phi) is 8.83. The minimum absolute atomic E-state index is 0.236. The molecule has 0 aliphatic carbocycles. The van der Waals surface area contributed by atoms with Gasteiger partial charge in [0.05, 0.1) is 11.5 Å². The number of hydrogen-bond donors (Lipinski definition) is 0. The molecule has 40 heavy (non-hydrogen) atoms. The smallest absolute Gasteiger partial charge is 0.294 e. The van der Waals surface area contributed by atoms with Crippen molar-refractivity contribution in [2.75, 3.05) is 19.7 Å². The second kappa shape index (κ2) is 12.5. The Bertz CT molecular complexity index is 1490. The van der Waals surface area contributed by atoms with Gasteiger partial charge in [0.1, 0.15) is 13.2 Å². The van der Waals surface area contributed by atoms with Gasteiger partial charge in [0.25, 0.3) is 11.1 Å². The van der Waals surface area contributed by atoms with Crippen LogP contribution in [0.5, 0.6) is 11.5 Å². The number of benzene rings is 3. The Balaban J connectivity index is 1.29. The number of fused-ring (bicyclic) bond motifs is 1. The lowest BCUT2D eigenvalue weighted by molar-refractivity contribution is -0.136. The maximum Gasteiger partial charge on any atom is 0.294 e. The zero-order valence-electron chi connectivity index (χ0n) is 21.7. The Morgan fingerprint density at radius 2 is 1.77 bits per heavy atom. The number of carbonyl (C=O) groups excluding carboxylic acids is 3. The van der Waals surface area contributed by atoms with Crippen molar-refractivity contribution < 1.29 is 23.9 Å². The highest BCUT2D eigenvalue weighted by molar-refractivity contribution is 9.10. The van der Waals surface area contributed by atoms with Crippen molar-refractivity contribution in [2.24, 2.45) is 0 Å². The number of rotatable bonds is 8. The molecule has 0 spiro atoms. The number of ether oxygens (including phenoxy) is 2. The number of thioether (sulfide) groups is 1. The summed E-state index contributed by atoms with van der Waals surface area (Å²) in [6, 6.07) is 18.9. The summed E-state index contributed by atoms with van der Waals surface area (Å²) < 4.78 is 12.5. The first-order valence-electron chi connectivity index (χ1n) is 12.8. The summed E-state index contributed by atoms with van der Waals surface area (Å²) in [6.07, 6.45) is 2.38. The van der Waals surface area contributed by atoms with Crippen LogP contribution >= 0.6 is 39.3 Å². The number of nitrogens with zero attached hydrogens (tertiary/aromatic N) is 2. The van der Waals surface area contributed by atoms with Crippen LogP contribution in [0.1, 0.15) is 29.2 Å². The van der Waals surface area contributed by atoms with Crippen LogP contribution in [0.25, 0.3) is 6.08 Å². The summed E-state index contributed by atoms with van der Waals surface area (Å²) in [5.41, 5.74) is 3.90. The maximum absolute atomic E-state index is 13.2. The van der Waals surface area contributed by atoms with Crippen molar-refractivity contribution >= 4 is 62.4 Å². The molecule has 3 aromatic rings. The van der Waals surface area contributed by atoms with Gasteiger partial charge in [-0.15, -0.1) is 0 Å². The molecule has 7 nitrogen and oxygen atoms in total. The van der Waals surface area contributed by atoms with Gasteiger partial charge in [-0.1, -0.05) is 63.9 Å². The van der Waals surface area contributed by atoms with E-state index in [4.69, 9.17) is 21.1 Å². The minimum atomic E-state index is -0.492. The van der Waals surface area contributed by atoms with Crippen molar-refractivity contribution in [3.63, 3.8) is 0 Å². The van der Waals surface area contributed by atoms with Crippen LogP contribution in [0.15, 0.2) is 70.0 Å². The first kappa shape index (κ1) is 28.3. The van der Waals surface area contributed by atoms with E-state index in [0.717, 1.165) is 34.2 Å². The van der Waals surface area contributed by atoms with E-state index in [-0.39, 0.29) is 17.4 Å². The molecule has 206 valence electrons. The van der Waals surface area contributed by atoms with E-state index in [1.165, 1.54) is 5.56 Å². The second-order valence-electron chi connectivity index (χ2n) is 9.27. The van der Waals surface area contributed by atoms with E-state index in [1.54, 1.807) is 35.2 Å². The molecule has 3 amide bonds. The van der Waals surface area contributed by atoms with Crippen molar-refractivity contribution in [3.05, 3.63) is 97.3 Å². The van der Waals surface area contributed by atoms with Gasteiger partial charge in [0, 0.05) is 22.6 Å². The molecule has 1 fully saturated rings. The van der Waals surface area contributed by atoms with Gasteiger partial charge in [-0.05, 0) is 77.7 Å². The lowest BCUT2D eigenvalue weighted by Gasteiger charge is -2.29. The average Bonchev–Trinajstić information content (AvgIpc) is 3.21. The number of halogens is 2. The lowest BCUT2D eigenvalue weighted by Crippen LogP contribution is -2.44. The minimum Gasteiger partial charge on any atom is -0.490 e. The van der Waals surface area contributed by atoms with Gasteiger partial charge in [-0.2, -0.15) is 0 Å². The quantitative estimate of drug-likeness (QED) is 0.255. The summed E-state index contributed by atoms with van der Waals surface area (Å²) >= 11 is 10.3. The van der Waals surface area contributed by atoms with E-state index < -0.39 is 11.1 Å². The van der Waals surface area contributed by atoms with E-state index >= 15 is 0 Å². The standard InChI is InChI=1S/C30H26BrClN2O5S/c1-2-38-25-13-22(24(31)15-26(25)39-18-19-7-9-23(32)10-8-19)14-27-29(36)34(30(37)40-27)17-28(35)33-12-11-20-5-3-4-6-21(20)16-33/h3-10,13-15H,2,11-12,16-18H2,1H3/b27-14-. The normalized spacial score (nSPS) is 15.9. The zero-order valence-corrected chi connectivity index (χ0v) is 24.9. The summed E-state index contributed by atoms with van der Waals surface area (Å²) in [6.45, 7) is 3.35. The van der Waals surface area contributed by atoms with Crippen molar-refractivity contribution in [3.8, 4) is 11.5 Å². The number of hydrogen-bond acceptors (Lipinski definition) is 6. The van der Waals surface area contributed by atoms with Crippen molar-refractivity contribution in [1.29, 1.82) is 0 Å². The Morgan fingerprint density at radius 3 is 2.52 bits per heavy atom. The van der Waals surface area contributed by atoms with Crippen LogP contribution in [-0.2, 0) is 29.2 Å². The van der Waals surface area contributed by atoms with Crippen LogP contribution in [-0.4, -0.2) is 46.5 Å². The Labute approximate surface area is 250 Å². The molecule has 2 aliphatic rings. The van der Waals surface area contributed by atoms with Crippen molar-refractivity contribution in [1.82, 2.24) is 9.80 Å². The highest BCUT2D eigenvalue weighted by Gasteiger charge is 2.37. The largest absolute Gasteiger partial charge is 0.490 e. The molecule has 0 atom stereocenters. The number of imide groups is 1. The third-order valence-electron chi connectivity index (χ3n) is 6.61. The molecule has 0 saturated carbocycles. The van der Waals surface area contributed by atoms with Crippen LogP contribution in [0, 0.1) is 0 Å². The predicted molar refractivity (Wildman–Crippen MR) is 159 cm³/mol. The van der Waals surface area contributed by atoms with Crippen LogP contribution in [0.4, 0.5) is 4.79 Å². The van der Waals surface area contributed by atoms with Gasteiger partial charge in [0.15, 0.2) is 11.5 Å². The Morgan fingerprint density at radius 1 is 1.05 bits per heavy atom. The first-order chi connectivity index (χ1) is 19.3. The third kappa shape index (κ3) is 6.37. The van der Waals surface area contributed by atoms with Crippen LogP contribution < -0.4 is 9.47 Å². The molecule has 0 unspecified atom stereocenters. The molecule has 0 aromatic heterocycles. The van der Waals surface area contributed by atoms with Gasteiger partial charge in [0.2, 0.25) is 5.91 Å². The molecule has 3 aromatic carbocycles. The molecule has 0 radical (unpaired) electrons. The number of carbonyl (C=O) groups is 3. The summed E-state index contributed by atoms with van der Waals surface area (Å²) in [5.74, 6) is 0.294. The highest BCUT2D eigenvalue weighted by atomic mass is 79.9. The molecule has 0 bridgehead atoms. The summed E-state index contributed by atoms with van der Waals surface area (Å²) in [5, 5.41) is 0.183. The highest BCUT2D eigenvalue weighted by Crippen LogP contribution is 2.38. The molecule has 5 rings (SSSR count). The van der Waals surface area contributed by atoms with Gasteiger partial charge in [-0.25, -0.2) is 0 Å². The van der Waals surface area contributed by atoms with Gasteiger partial charge >= 0.3 is 0 Å². The second-order valence-corrected chi connectivity index (χ2v) is 11.6. The van der Waals surface area contributed by atoms with Gasteiger partial charge in [-0.3, -0.25) is 19.3 Å². The fraction of sp³-hybridized carbons (Fsp3) is 0.233. The molecule has 2 aliphatic heterocycles. The third-order valence-corrected chi connectivity index (χ3v) is 8.45. The maximum atomic E-state index is 13.2. The summed E-state index contributed by atoms with van der Waals surface area (Å²) in [7, 11) is 0. The van der Waals surface area contributed by atoms with E-state index in [2.05, 4.69) is 22.0 Å². The monoisotopic (exact) mass is 640 g/mol. The van der Waals surface area contributed by atoms with E-state index in [9.17, 15) is 14.4 Å². The number of amides is 3. The SMILES string of the molecule is CCOc1cc(/C=C2\SC(=O)N(CC(=O)N3CCc4ccccc4C3)C2=O)c(Br)cc1OCc1ccc(Cl)cc1. The fourth-order valence-electron chi connectivity index (χ4n) is 4.51. The molecule has 0 N–H and O–H groups in total. The first-order valence-corrected chi connectivity index (χ1v) is 14.7. The molecular formula is C30H26BrClN2O5S.